The standard InChI is InChI=1S/C26H24F6N4O4S2/c1-13-20(41-14(2)34-13)15-3-4-19(17(9-15)25(27,28)29)42(39,40)16-10-18(21(37)35-23(12-33)5-6-23)36(11-16)22(38)24(7-8-24)26(30,31)32/h3-4,9,16,18H,5-8,10-11H2,1-2H3,(H,35,37)/t16-,18+/m1/s1. The van der Waals surface area contributed by atoms with Crippen molar-refractivity contribution < 1.29 is 44.3 Å². The number of carbonyl (C=O) groups is 2. The van der Waals surface area contributed by atoms with Crippen LogP contribution >= 0.6 is 11.3 Å². The molecule has 2 amide bonds. The van der Waals surface area contributed by atoms with Gasteiger partial charge in [0.1, 0.15) is 17.0 Å². The smallest absolute Gasteiger partial charge is 0.336 e. The lowest BCUT2D eigenvalue weighted by molar-refractivity contribution is -0.199. The van der Waals surface area contributed by atoms with Gasteiger partial charge in [-0.2, -0.15) is 31.6 Å². The predicted molar refractivity (Wildman–Crippen MR) is 137 cm³/mol. The van der Waals surface area contributed by atoms with Crippen LogP contribution in [-0.4, -0.2) is 59.7 Å². The molecule has 3 fully saturated rings. The van der Waals surface area contributed by atoms with Crippen LogP contribution in [0.5, 0.6) is 0 Å². The third-order valence-electron chi connectivity index (χ3n) is 8.05. The molecule has 0 radical (unpaired) electrons. The van der Waals surface area contributed by atoms with E-state index in [1.54, 1.807) is 13.8 Å². The van der Waals surface area contributed by atoms with E-state index in [1.807, 2.05) is 6.07 Å². The first kappa shape index (κ1) is 30.3. The highest BCUT2D eigenvalue weighted by Crippen LogP contribution is 2.59. The number of hydrogen-bond acceptors (Lipinski definition) is 7. The van der Waals surface area contributed by atoms with Crippen molar-refractivity contribution in [2.45, 2.75) is 80.0 Å². The number of aromatic nitrogens is 1. The van der Waals surface area contributed by atoms with Crippen LogP contribution in [0.15, 0.2) is 23.1 Å². The molecule has 1 N–H and O–H groups in total. The van der Waals surface area contributed by atoms with Crippen molar-refractivity contribution in [3.63, 3.8) is 0 Å². The van der Waals surface area contributed by atoms with Crippen LogP contribution in [-0.2, 0) is 25.6 Å². The van der Waals surface area contributed by atoms with Crippen LogP contribution in [0.4, 0.5) is 26.3 Å². The number of aryl methyl sites for hydroxylation is 2. The van der Waals surface area contributed by atoms with E-state index < -0.39 is 92.5 Å². The molecule has 1 aromatic carbocycles. The Labute approximate surface area is 240 Å². The number of halogens is 6. The van der Waals surface area contributed by atoms with Crippen molar-refractivity contribution in [3.8, 4) is 16.5 Å². The van der Waals surface area contributed by atoms with Crippen molar-refractivity contribution in [2.75, 3.05) is 6.54 Å². The molecule has 0 spiro atoms. The van der Waals surface area contributed by atoms with E-state index in [0.717, 1.165) is 17.4 Å². The lowest BCUT2D eigenvalue weighted by Crippen LogP contribution is -2.53. The Morgan fingerprint density at radius 1 is 1.12 bits per heavy atom. The minimum Gasteiger partial charge on any atom is -0.336 e. The van der Waals surface area contributed by atoms with Crippen LogP contribution < -0.4 is 5.32 Å². The maximum absolute atomic E-state index is 14.2. The van der Waals surface area contributed by atoms with Gasteiger partial charge in [0.15, 0.2) is 9.84 Å². The third kappa shape index (κ3) is 5.04. The number of sulfone groups is 1. The van der Waals surface area contributed by atoms with Crippen LogP contribution in [0, 0.1) is 30.6 Å². The second-order valence-electron chi connectivity index (χ2n) is 11.0. The summed E-state index contributed by atoms with van der Waals surface area (Å²) in [4.78, 5) is 30.3. The summed E-state index contributed by atoms with van der Waals surface area (Å²) in [7, 11) is -4.94. The number of carbonyl (C=O) groups excluding carboxylic acids is 2. The fraction of sp³-hybridized carbons (Fsp3) is 0.538. The Hall–Kier alpha value is -3.19. The highest BCUT2D eigenvalue weighted by atomic mass is 32.2. The number of thiazole rings is 1. The largest absolute Gasteiger partial charge is 0.417 e. The van der Waals surface area contributed by atoms with Gasteiger partial charge >= 0.3 is 12.4 Å². The Kier molecular flexibility index (Phi) is 6.97. The SMILES string of the molecule is Cc1nc(C)c(-c2ccc(S(=O)(=O)[C@@H]3C[C@@H](C(=O)NC4(C#N)CC4)N(C(=O)C4(C(F)(F)F)CC4)C3)c(C(F)(F)F)c2)s1. The van der Waals surface area contributed by atoms with E-state index in [1.165, 1.54) is 6.07 Å². The van der Waals surface area contributed by atoms with Crippen molar-refractivity contribution >= 4 is 33.0 Å². The topological polar surface area (TPSA) is 120 Å². The first-order valence-electron chi connectivity index (χ1n) is 12.9. The average Bonchev–Trinajstić information content (AvgIpc) is 3.79. The minimum absolute atomic E-state index is 0.0805. The van der Waals surface area contributed by atoms with Crippen molar-refractivity contribution in [3.05, 3.63) is 34.5 Å². The fourth-order valence-corrected chi connectivity index (χ4v) is 8.15. The van der Waals surface area contributed by atoms with Gasteiger partial charge in [-0.1, -0.05) is 6.07 Å². The summed E-state index contributed by atoms with van der Waals surface area (Å²) in [6, 6.07) is 2.81. The first-order valence-corrected chi connectivity index (χ1v) is 15.2. The van der Waals surface area contributed by atoms with Gasteiger partial charge in [-0.3, -0.25) is 9.59 Å². The number of hydrogen-bond donors (Lipinski definition) is 1. The molecule has 2 aliphatic carbocycles. The normalized spacial score (nSPS) is 22.9. The summed E-state index contributed by atoms with van der Waals surface area (Å²) in [5.74, 6) is -2.53. The van der Waals surface area contributed by atoms with Crippen molar-refractivity contribution in [1.29, 1.82) is 5.26 Å². The Morgan fingerprint density at radius 3 is 2.24 bits per heavy atom. The van der Waals surface area contributed by atoms with Gasteiger partial charge in [-0.25, -0.2) is 13.4 Å². The van der Waals surface area contributed by atoms with E-state index >= 15 is 0 Å². The van der Waals surface area contributed by atoms with Gasteiger partial charge in [-0.15, -0.1) is 11.3 Å². The Bertz CT molecular complexity index is 1620. The molecule has 1 aliphatic heterocycles. The molecule has 2 heterocycles. The highest BCUT2D eigenvalue weighted by molar-refractivity contribution is 7.92. The summed E-state index contributed by atoms with van der Waals surface area (Å²) in [6.07, 6.45) is -11.4. The lowest BCUT2D eigenvalue weighted by Gasteiger charge is -2.29. The zero-order chi connectivity index (χ0) is 31.0. The molecule has 3 aliphatic rings. The molecular formula is C26H24F6N4O4S2. The Balaban J connectivity index is 1.53. The number of nitrogens with zero attached hydrogens (tertiary/aromatic N) is 3. The highest BCUT2D eigenvalue weighted by Gasteiger charge is 2.70. The van der Waals surface area contributed by atoms with Gasteiger partial charge in [0.2, 0.25) is 11.8 Å². The number of rotatable bonds is 6. The third-order valence-corrected chi connectivity index (χ3v) is 11.4. The average molecular weight is 635 g/mol. The molecular weight excluding hydrogens is 610 g/mol. The molecule has 2 atom stereocenters. The van der Waals surface area contributed by atoms with Crippen LogP contribution in [0.25, 0.3) is 10.4 Å². The quantitative estimate of drug-likeness (QED) is 0.460. The van der Waals surface area contributed by atoms with Gasteiger partial charge in [0.25, 0.3) is 0 Å². The van der Waals surface area contributed by atoms with Gasteiger partial charge in [-0.05, 0) is 63.6 Å². The number of nitriles is 1. The number of nitrogens with one attached hydrogen (secondary N) is 1. The van der Waals surface area contributed by atoms with Crippen LogP contribution in [0.2, 0.25) is 0 Å². The zero-order valence-electron chi connectivity index (χ0n) is 22.2. The van der Waals surface area contributed by atoms with E-state index in [4.69, 9.17) is 0 Å². The summed E-state index contributed by atoms with van der Waals surface area (Å²) in [6.45, 7) is 2.34. The molecule has 0 bridgehead atoms. The molecule has 8 nitrogen and oxygen atoms in total. The van der Waals surface area contributed by atoms with E-state index in [-0.39, 0.29) is 18.4 Å². The molecule has 1 saturated heterocycles. The van der Waals surface area contributed by atoms with Crippen LogP contribution in [0.1, 0.15) is 48.4 Å². The molecule has 42 heavy (non-hydrogen) atoms. The molecule has 16 heteroatoms. The molecule has 5 rings (SSSR count). The number of alkyl halides is 6. The van der Waals surface area contributed by atoms with Gasteiger partial charge < -0.3 is 10.2 Å². The maximum atomic E-state index is 14.2. The maximum Gasteiger partial charge on any atom is 0.417 e. The fourth-order valence-electron chi connectivity index (χ4n) is 5.34. The second kappa shape index (κ2) is 9.66. The first-order chi connectivity index (χ1) is 19.3. The number of likely N-dealkylation sites (tertiary alicyclic amines) is 1. The van der Waals surface area contributed by atoms with Gasteiger partial charge in [0.05, 0.1) is 37.4 Å². The zero-order valence-corrected chi connectivity index (χ0v) is 23.8. The predicted octanol–water partition coefficient (Wildman–Crippen LogP) is 4.70. The summed E-state index contributed by atoms with van der Waals surface area (Å²) < 4.78 is 112. The monoisotopic (exact) mass is 634 g/mol. The molecule has 226 valence electrons. The van der Waals surface area contributed by atoms with E-state index in [2.05, 4.69) is 10.3 Å². The lowest BCUT2D eigenvalue weighted by atomic mass is 10.0. The molecule has 2 aromatic rings. The number of benzene rings is 1. The van der Waals surface area contributed by atoms with Gasteiger partial charge in [0, 0.05) is 6.54 Å². The second-order valence-corrected chi connectivity index (χ2v) is 14.4. The molecule has 0 unspecified atom stereocenters. The summed E-state index contributed by atoms with van der Waals surface area (Å²) in [5, 5.41) is 10.5. The van der Waals surface area contributed by atoms with E-state index in [9.17, 15) is 49.6 Å². The van der Waals surface area contributed by atoms with Crippen molar-refractivity contribution in [2.24, 2.45) is 5.41 Å². The number of amides is 2. The van der Waals surface area contributed by atoms with E-state index in [0.29, 0.717) is 26.5 Å². The Morgan fingerprint density at radius 2 is 1.76 bits per heavy atom. The molecule has 1 aromatic heterocycles. The van der Waals surface area contributed by atoms with Crippen molar-refractivity contribution in [1.82, 2.24) is 15.2 Å². The minimum atomic E-state index is -5.13. The summed E-state index contributed by atoms with van der Waals surface area (Å²) in [5.41, 5.74) is -5.02. The van der Waals surface area contributed by atoms with Crippen LogP contribution in [0.3, 0.4) is 0 Å². The molecule has 2 saturated carbocycles. The summed E-state index contributed by atoms with van der Waals surface area (Å²) >= 11 is 1.12.